The number of benzene rings is 1. The van der Waals surface area contributed by atoms with E-state index in [1.165, 1.54) is 58.2 Å². The molecule has 1 aliphatic rings. The van der Waals surface area contributed by atoms with Crippen molar-refractivity contribution in [3.63, 3.8) is 0 Å². The van der Waals surface area contributed by atoms with Gasteiger partial charge in [-0.15, -0.1) is 0 Å². The van der Waals surface area contributed by atoms with Gasteiger partial charge in [-0.25, -0.2) is 0 Å². The molecular weight excluding hydrogens is 316 g/mol. The highest BCUT2D eigenvalue weighted by molar-refractivity contribution is 5.96. The zero-order valence-electron chi connectivity index (χ0n) is 15.7. The van der Waals surface area contributed by atoms with E-state index in [1.54, 1.807) is 0 Å². The van der Waals surface area contributed by atoms with Crippen LogP contribution in [0.2, 0.25) is 0 Å². The number of fused-ring (bicyclic) bond motifs is 1. The first-order valence-electron chi connectivity index (χ1n) is 9.54. The maximum atomic E-state index is 4.71. The zero-order chi connectivity index (χ0) is 18.1. The summed E-state index contributed by atoms with van der Waals surface area (Å²) in [6.07, 6.45) is 13.5. The van der Waals surface area contributed by atoms with Crippen LogP contribution in [-0.2, 0) is 13.5 Å². The van der Waals surface area contributed by atoms with Gasteiger partial charge in [-0.2, -0.15) is 0 Å². The predicted octanol–water partition coefficient (Wildman–Crippen LogP) is 6.26. The molecule has 4 rings (SSSR count). The van der Waals surface area contributed by atoms with Gasteiger partial charge in [-0.1, -0.05) is 56.2 Å². The molecule has 0 aliphatic heterocycles. The molecule has 0 amide bonds. The Morgan fingerprint density at radius 3 is 2.62 bits per heavy atom. The first-order chi connectivity index (χ1) is 12.7. The molecule has 0 radical (unpaired) electrons. The summed E-state index contributed by atoms with van der Waals surface area (Å²) < 4.78 is 2.24. The lowest BCUT2D eigenvalue weighted by Gasteiger charge is -2.24. The molecule has 1 aromatic carbocycles. The summed E-state index contributed by atoms with van der Waals surface area (Å²) in [5, 5.41) is 1.24. The number of allylic oxidation sites excluding steroid dienone is 1. The monoisotopic (exact) mass is 342 g/mol. The highest BCUT2D eigenvalue weighted by Gasteiger charge is 2.18. The Morgan fingerprint density at radius 1 is 1.19 bits per heavy atom. The normalized spacial score (nSPS) is 14.8. The van der Waals surface area contributed by atoms with Gasteiger partial charge >= 0.3 is 0 Å². The van der Waals surface area contributed by atoms with Gasteiger partial charge in [0.05, 0.1) is 0 Å². The molecule has 132 valence electrons. The van der Waals surface area contributed by atoms with Gasteiger partial charge in [0.1, 0.15) is 0 Å². The second-order valence-corrected chi connectivity index (χ2v) is 7.33. The first kappa shape index (κ1) is 16.8. The molecule has 2 nitrogen and oxygen atoms in total. The van der Waals surface area contributed by atoms with Crippen molar-refractivity contribution in [2.45, 2.75) is 32.6 Å². The van der Waals surface area contributed by atoms with Crippen molar-refractivity contribution >= 4 is 23.1 Å². The Kier molecular flexibility index (Phi) is 4.50. The molecule has 26 heavy (non-hydrogen) atoms. The molecule has 1 saturated carbocycles. The number of pyridine rings is 1. The fourth-order valence-electron chi connectivity index (χ4n) is 3.95. The second kappa shape index (κ2) is 6.95. The van der Waals surface area contributed by atoms with Crippen LogP contribution in [0.15, 0.2) is 49.2 Å². The quantitative estimate of drug-likeness (QED) is 0.535. The summed E-state index contributed by atoms with van der Waals surface area (Å²) in [6, 6.07) is 11.1. The molecule has 0 unspecified atom stereocenters. The molecule has 0 saturated heterocycles. The molecule has 2 aromatic heterocycles. The third-order valence-corrected chi connectivity index (χ3v) is 5.70. The van der Waals surface area contributed by atoms with Gasteiger partial charge < -0.3 is 4.57 Å². The Labute approximate surface area is 155 Å². The second-order valence-electron chi connectivity index (χ2n) is 7.33. The van der Waals surface area contributed by atoms with Crippen LogP contribution in [0.4, 0.5) is 0 Å². The van der Waals surface area contributed by atoms with Crippen molar-refractivity contribution < 1.29 is 0 Å². The van der Waals surface area contributed by atoms with Crippen molar-refractivity contribution in [2.75, 3.05) is 0 Å². The maximum Gasteiger partial charge on any atom is 0.0494 e. The third-order valence-electron chi connectivity index (χ3n) is 5.70. The number of aromatic nitrogens is 2. The topological polar surface area (TPSA) is 17.8 Å². The Balaban J connectivity index is 1.70. The SMILES string of the molecule is C=Cc1c(/C=C\C)n(C)c2cc(-c3ccc(CC4CCC4)nc3)ccc12. The van der Waals surface area contributed by atoms with Gasteiger partial charge in [-0.3, -0.25) is 4.98 Å². The summed E-state index contributed by atoms with van der Waals surface area (Å²) in [6.45, 7) is 6.05. The Bertz CT molecular complexity index is 970. The first-order valence-corrected chi connectivity index (χ1v) is 9.54. The molecule has 2 heteroatoms. The molecule has 1 fully saturated rings. The number of rotatable bonds is 5. The fourth-order valence-corrected chi connectivity index (χ4v) is 3.95. The van der Waals surface area contributed by atoms with Crippen LogP contribution in [0.1, 0.15) is 43.1 Å². The van der Waals surface area contributed by atoms with Crippen molar-refractivity contribution in [3.05, 3.63) is 66.1 Å². The lowest BCUT2D eigenvalue weighted by Crippen LogP contribution is -2.14. The largest absolute Gasteiger partial charge is 0.344 e. The summed E-state index contributed by atoms with van der Waals surface area (Å²) in [4.78, 5) is 4.71. The summed E-state index contributed by atoms with van der Waals surface area (Å²) in [7, 11) is 2.12. The van der Waals surface area contributed by atoms with E-state index in [0.29, 0.717) is 0 Å². The van der Waals surface area contributed by atoms with Crippen molar-refractivity contribution in [1.29, 1.82) is 0 Å². The number of aryl methyl sites for hydroxylation is 1. The third kappa shape index (κ3) is 2.90. The van der Waals surface area contributed by atoms with Crippen LogP contribution < -0.4 is 0 Å². The highest BCUT2D eigenvalue weighted by atomic mass is 14.9. The number of hydrogen-bond donors (Lipinski definition) is 0. The molecule has 0 spiro atoms. The van der Waals surface area contributed by atoms with Crippen molar-refractivity contribution in [2.24, 2.45) is 13.0 Å². The van der Waals surface area contributed by atoms with E-state index in [-0.39, 0.29) is 0 Å². The van der Waals surface area contributed by atoms with Crippen LogP contribution in [0.3, 0.4) is 0 Å². The van der Waals surface area contributed by atoms with Crippen LogP contribution in [0, 0.1) is 5.92 Å². The van der Waals surface area contributed by atoms with E-state index in [1.807, 2.05) is 19.2 Å². The van der Waals surface area contributed by atoms with Crippen molar-refractivity contribution in [3.8, 4) is 11.1 Å². The van der Waals surface area contributed by atoms with E-state index in [9.17, 15) is 0 Å². The summed E-state index contributed by atoms with van der Waals surface area (Å²) >= 11 is 0. The minimum absolute atomic E-state index is 0.857. The number of hydrogen-bond acceptors (Lipinski definition) is 1. The lowest BCUT2D eigenvalue weighted by atomic mass is 9.82. The maximum absolute atomic E-state index is 4.71. The molecule has 0 bridgehead atoms. The standard InChI is InChI=1S/C24H26N2/c1-4-7-23-21(5-2)22-13-11-18(15-24(22)26(23)3)19-10-12-20(25-16-19)14-17-8-6-9-17/h4-5,7,10-13,15-17H,2,6,8-9,14H2,1,3H3/b7-4-. The van der Waals surface area contributed by atoms with E-state index in [2.05, 4.69) is 60.7 Å². The molecule has 2 heterocycles. The van der Waals surface area contributed by atoms with Gasteiger partial charge in [0.2, 0.25) is 0 Å². The van der Waals surface area contributed by atoms with Crippen LogP contribution in [0.5, 0.6) is 0 Å². The minimum atomic E-state index is 0.857. The van der Waals surface area contributed by atoms with E-state index >= 15 is 0 Å². The average Bonchev–Trinajstić information content (AvgIpc) is 2.90. The predicted molar refractivity (Wildman–Crippen MR) is 112 cm³/mol. The van der Waals surface area contributed by atoms with Crippen molar-refractivity contribution in [1.82, 2.24) is 9.55 Å². The average molecular weight is 342 g/mol. The zero-order valence-corrected chi connectivity index (χ0v) is 15.7. The summed E-state index contributed by atoms with van der Waals surface area (Å²) in [5.74, 6) is 0.857. The lowest BCUT2D eigenvalue weighted by molar-refractivity contribution is 0.312. The fraction of sp³-hybridized carbons (Fsp3) is 0.292. The summed E-state index contributed by atoms with van der Waals surface area (Å²) in [5.41, 5.74) is 7.23. The van der Waals surface area contributed by atoms with Crippen LogP contribution >= 0.6 is 0 Å². The van der Waals surface area contributed by atoms with E-state index in [0.717, 1.165) is 12.3 Å². The van der Waals surface area contributed by atoms with Crippen LogP contribution in [-0.4, -0.2) is 9.55 Å². The Hall–Kier alpha value is -2.61. The molecule has 1 aliphatic carbocycles. The minimum Gasteiger partial charge on any atom is -0.344 e. The molecular formula is C24H26N2. The van der Waals surface area contributed by atoms with Gasteiger partial charge in [0.15, 0.2) is 0 Å². The highest BCUT2D eigenvalue weighted by Crippen LogP contribution is 2.32. The van der Waals surface area contributed by atoms with Gasteiger partial charge in [-0.05, 0) is 43.0 Å². The molecule has 0 N–H and O–H groups in total. The number of nitrogens with zero attached hydrogens (tertiary/aromatic N) is 2. The Morgan fingerprint density at radius 2 is 2.00 bits per heavy atom. The van der Waals surface area contributed by atoms with Gasteiger partial charge in [0, 0.05) is 46.7 Å². The van der Waals surface area contributed by atoms with Crippen LogP contribution in [0.25, 0.3) is 34.2 Å². The smallest absolute Gasteiger partial charge is 0.0494 e. The molecule has 0 atom stereocenters. The molecule has 3 aromatic rings. The van der Waals surface area contributed by atoms with E-state index in [4.69, 9.17) is 4.98 Å². The van der Waals surface area contributed by atoms with Gasteiger partial charge in [0.25, 0.3) is 0 Å². The van der Waals surface area contributed by atoms with E-state index < -0.39 is 0 Å².